The summed E-state index contributed by atoms with van der Waals surface area (Å²) in [7, 11) is -2.97. The Labute approximate surface area is 149 Å². The number of aryl methyl sites for hydroxylation is 1. The molecule has 0 bridgehead atoms. The number of fused-ring (bicyclic) bond motifs is 1. The number of rotatable bonds is 7. The second-order valence-corrected chi connectivity index (χ2v) is 9.09. The second kappa shape index (κ2) is 7.60. The van der Waals surface area contributed by atoms with Crippen LogP contribution in [0.2, 0.25) is 0 Å². The lowest BCUT2D eigenvalue weighted by Crippen LogP contribution is -2.41. The number of hydrogen-bond acceptors (Lipinski definition) is 3. The van der Waals surface area contributed by atoms with Gasteiger partial charge in [-0.1, -0.05) is 25.1 Å². The number of nitrogens with zero attached hydrogens (tertiary/aromatic N) is 1. The van der Waals surface area contributed by atoms with Crippen molar-refractivity contribution in [2.75, 3.05) is 18.1 Å². The number of carbonyl (C=O) groups is 1. The van der Waals surface area contributed by atoms with Gasteiger partial charge in [0.2, 0.25) is 5.91 Å². The van der Waals surface area contributed by atoms with Crippen molar-refractivity contribution in [3.05, 3.63) is 36.0 Å². The van der Waals surface area contributed by atoms with Gasteiger partial charge in [-0.05, 0) is 37.3 Å². The smallest absolute Gasteiger partial charge is 0.222 e. The third-order valence-electron chi connectivity index (χ3n) is 4.95. The molecule has 2 aromatic rings. The standard InChI is InChI=1S/C19H26N2O3S/c1-2-11-21(16-10-12-25(23,24)14-16)19(22)9-5-6-15-13-20-18-8-4-3-7-17(15)18/h3-4,7-8,13,16,20H,2,5-6,9-12,14H2,1H3/t16-/m0/s1. The van der Waals surface area contributed by atoms with E-state index in [1.807, 2.05) is 31.3 Å². The normalized spacial score (nSPS) is 19.3. The second-order valence-electron chi connectivity index (χ2n) is 6.86. The van der Waals surface area contributed by atoms with Gasteiger partial charge in [-0.3, -0.25) is 4.79 Å². The Morgan fingerprint density at radius 2 is 2.12 bits per heavy atom. The number of benzene rings is 1. The van der Waals surface area contributed by atoms with Crippen LogP contribution in [-0.2, 0) is 21.1 Å². The van der Waals surface area contributed by atoms with Crippen LogP contribution < -0.4 is 0 Å². The van der Waals surface area contributed by atoms with Gasteiger partial charge < -0.3 is 9.88 Å². The van der Waals surface area contributed by atoms with E-state index in [1.54, 1.807) is 4.90 Å². The molecule has 25 heavy (non-hydrogen) atoms. The predicted molar refractivity (Wildman–Crippen MR) is 100 cm³/mol. The number of H-pyrrole nitrogens is 1. The van der Waals surface area contributed by atoms with Crippen LogP contribution in [0.1, 0.15) is 38.2 Å². The zero-order valence-electron chi connectivity index (χ0n) is 14.7. The molecule has 1 atom stereocenters. The molecule has 2 heterocycles. The fraction of sp³-hybridized carbons (Fsp3) is 0.526. The average molecular weight is 362 g/mol. The van der Waals surface area contributed by atoms with Gasteiger partial charge in [0.25, 0.3) is 0 Å². The summed E-state index contributed by atoms with van der Waals surface area (Å²) in [5.41, 5.74) is 2.35. The first-order chi connectivity index (χ1) is 12.0. The molecule has 1 aromatic heterocycles. The molecule has 1 amide bonds. The minimum atomic E-state index is -2.97. The highest BCUT2D eigenvalue weighted by molar-refractivity contribution is 7.91. The van der Waals surface area contributed by atoms with Crippen LogP contribution in [-0.4, -0.2) is 48.3 Å². The van der Waals surface area contributed by atoms with Crippen molar-refractivity contribution in [2.45, 2.75) is 45.1 Å². The summed E-state index contributed by atoms with van der Waals surface area (Å²) in [6.45, 7) is 2.67. The topological polar surface area (TPSA) is 70.2 Å². The van der Waals surface area contributed by atoms with Crippen molar-refractivity contribution in [3.63, 3.8) is 0 Å². The number of aromatic nitrogens is 1. The number of carbonyl (C=O) groups excluding carboxylic acids is 1. The van der Waals surface area contributed by atoms with Crippen LogP contribution in [0, 0.1) is 0 Å². The average Bonchev–Trinajstić information content (AvgIpc) is 3.16. The van der Waals surface area contributed by atoms with E-state index in [0.717, 1.165) is 24.8 Å². The van der Waals surface area contributed by atoms with Crippen LogP contribution in [0.5, 0.6) is 0 Å². The highest BCUT2D eigenvalue weighted by atomic mass is 32.2. The maximum absolute atomic E-state index is 12.6. The van der Waals surface area contributed by atoms with E-state index in [2.05, 4.69) is 11.1 Å². The Morgan fingerprint density at radius 1 is 1.32 bits per heavy atom. The minimum Gasteiger partial charge on any atom is -0.361 e. The van der Waals surface area contributed by atoms with E-state index >= 15 is 0 Å². The SMILES string of the molecule is CCCN(C(=O)CCCc1c[nH]c2ccccc12)[C@H]1CCS(=O)(=O)C1. The van der Waals surface area contributed by atoms with Crippen molar-refractivity contribution in [1.82, 2.24) is 9.88 Å². The molecule has 0 unspecified atom stereocenters. The Balaban J connectivity index is 1.58. The lowest BCUT2D eigenvalue weighted by atomic mass is 10.1. The molecule has 136 valence electrons. The van der Waals surface area contributed by atoms with E-state index in [4.69, 9.17) is 0 Å². The summed E-state index contributed by atoms with van der Waals surface area (Å²) in [5, 5.41) is 1.21. The summed E-state index contributed by atoms with van der Waals surface area (Å²) in [6.07, 6.45) is 5.54. The molecule has 1 saturated heterocycles. The minimum absolute atomic E-state index is 0.0868. The molecule has 0 radical (unpaired) electrons. The molecule has 1 fully saturated rings. The van der Waals surface area contributed by atoms with Crippen LogP contribution in [0.25, 0.3) is 10.9 Å². The first kappa shape index (κ1) is 18.0. The Kier molecular flexibility index (Phi) is 5.47. The number of amides is 1. The van der Waals surface area contributed by atoms with Gasteiger partial charge >= 0.3 is 0 Å². The molecule has 1 aliphatic heterocycles. The van der Waals surface area contributed by atoms with Crippen molar-refractivity contribution in [2.24, 2.45) is 0 Å². The van der Waals surface area contributed by atoms with E-state index in [-0.39, 0.29) is 23.5 Å². The zero-order valence-corrected chi connectivity index (χ0v) is 15.5. The van der Waals surface area contributed by atoms with Crippen LogP contribution in [0.4, 0.5) is 0 Å². The lowest BCUT2D eigenvalue weighted by molar-refractivity contribution is -0.133. The Hall–Kier alpha value is -1.82. The number of aromatic amines is 1. The maximum Gasteiger partial charge on any atom is 0.222 e. The fourth-order valence-corrected chi connectivity index (χ4v) is 5.42. The van der Waals surface area contributed by atoms with Gasteiger partial charge in [-0.2, -0.15) is 0 Å². The van der Waals surface area contributed by atoms with Gasteiger partial charge in [0, 0.05) is 36.1 Å². The van der Waals surface area contributed by atoms with Crippen LogP contribution in [0.15, 0.2) is 30.5 Å². The lowest BCUT2D eigenvalue weighted by Gasteiger charge is -2.28. The molecule has 3 rings (SSSR count). The highest BCUT2D eigenvalue weighted by Gasteiger charge is 2.33. The predicted octanol–water partition coefficient (Wildman–Crippen LogP) is 2.92. The van der Waals surface area contributed by atoms with Gasteiger partial charge in [0.05, 0.1) is 11.5 Å². The summed E-state index contributed by atoms with van der Waals surface area (Å²) >= 11 is 0. The molecule has 0 saturated carbocycles. The molecular weight excluding hydrogens is 336 g/mol. The maximum atomic E-state index is 12.6. The number of para-hydroxylation sites is 1. The van der Waals surface area contributed by atoms with Gasteiger partial charge in [-0.15, -0.1) is 0 Å². The van der Waals surface area contributed by atoms with Crippen molar-refractivity contribution in [3.8, 4) is 0 Å². The fourth-order valence-electron chi connectivity index (χ4n) is 3.69. The third kappa shape index (κ3) is 4.24. The molecule has 1 N–H and O–H groups in total. The van der Waals surface area contributed by atoms with E-state index < -0.39 is 9.84 Å². The largest absolute Gasteiger partial charge is 0.361 e. The number of hydrogen-bond donors (Lipinski definition) is 1. The molecule has 1 aromatic carbocycles. The van der Waals surface area contributed by atoms with Crippen molar-refractivity contribution < 1.29 is 13.2 Å². The molecule has 0 aliphatic carbocycles. The van der Waals surface area contributed by atoms with Crippen LogP contribution >= 0.6 is 0 Å². The van der Waals surface area contributed by atoms with Crippen molar-refractivity contribution in [1.29, 1.82) is 0 Å². The third-order valence-corrected chi connectivity index (χ3v) is 6.70. The first-order valence-corrected chi connectivity index (χ1v) is 10.9. The molecule has 0 spiro atoms. The summed E-state index contributed by atoms with van der Waals surface area (Å²) < 4.78 is 23.4. The van der Waals surface area contributed by atoms with Gasteiger partial charge in [0.1, 0.15) is 0 Å². The summed E-state index contributed by atoms with van der Waals surface area (Å²) in [4.78, 5) is 17.7. The van der Waals surface area contributed by atoms with Gasteiger partial charge in [-0.25, -0.2) is 8.42 Å². The zero-order chi connectivity index (χ0) is 17.9. The summed E-state index contributed by atoms with van der Waals surface area (Å²) in [6, 6.07) is 8.03. The monoisotopic (exact) mass is 362 g/mol. The Bertz CT molecular complexity index is 841. The first-order valence-electron chi connectivity index (χ1n) is 9.05. The summed E-state index contributed by atoms with van der Waals surface area (Å²) in [5.74, 6) is 0.422. The number of nitrogens with one attached hydrogen (secondary N) is 1. The van der Waals surface area contributed by atoms with Crippen LogP contribution in [0.3, 0.4) is 0 Å². The molecule has 5 nitrogen and oxygen atoms in total. The van der Waals surface area contributed by atoms with E-state index in [9.17, 15) is 13.2 Å². The molecular formula is C19H26N2O3S. The van der Waals surface area contributed by atoms with E-state index in [0.29, 0.717) is 19.4 Å². The quantitative estimate of drug-likeness (QED) is 0.823. The molecule has 1 aliphatic rings. The van der Waals surface area contributed by atoms with E-state index in [1.165, 1.54) is 10.9 Å². The van der Waals surface area contributed by atoms with Crippen molar-refractivity contribution >= 4 is 26.6 Å². The molecule has 6 heteroatoms. The Morgan fingerprint density at radius 3 is 2.84 bits per heavy atom. The highest BCUT2D eigenvalue weighted by Crippen LogP contribution is 2.22. The number of sulfone groups is 1. The van der Waals surface area contributed by atoms with Gasteiger partial charge in [0.15, 0.2) is 9.84 Å².